The molecule has 0 saturated heterocycles. The first kappa shape index (κ1) is 34.7. The smallest absolute Gasteiger partial charge is 0.332 e. The zero-order valence-electron chi connectivity index (χ0n) is 23.2. The number of hydrogen-bond acceptors (Lipinski definition) is 10. The van der Waals surface area contributed by atoms with E-state index in [1.165, 1.54) is 0 Å². The van der Waals surface area contributed by atoms with Crippen molar-refractivity contribution in [1.82, 2.24) is 0 Å². The summed E-state index contributed by atoms with van der Waals surface area (Å²) in [5, 5.41) is 0. The molecular weight excluding hydrogens is 472 g/mol. The zero-order valence-corrected chi connectivity index (χ0v) is 23.2. The van der Waals surface area contributed by atoms with Crippen LogP contribution in [0.3, 0.4) is 0 Å². The molecule has 36 heavy (non-hydrogen) atoms. The van der Waals surface area contributed by atoms with Gasteiger partial charge in [-0.1, -0.05) is 26.7 Å². The highest BCUT2D eigenvalue weighted by atomic mass is 16.6. The van der Waals surface area contributed by atoms with Gasteiger partial charge in [-0.25, -0.2) is 4.79 Å². The predicted octanol–water partition coefficient (Wildman–Crippen LogP) is 3.19. The van der Waals surface area contributed by atoms with Crippen LogP contribution < -0.4 is 0 Å². The molecule has 0 spiro atoms. The zero-order chi connectivity index (χ0) is 26.9. The Bertz CT molecular complexity index is 521. The van der Waals surface area contributed by atoms with E-state index in [0.29, 0.717) is 72.7 Å². The van der Waals surface area contributed by atoms with Crippen LogP contribution in [-0.2, 0) is 47.5 Å². The second kappa shape index (κ2) is 24.1. The van der Waals surface area contributed by atoms with Crippen LogP contribution in [0.15, 0.2) is 0 Å². The summed E-state index contributed by atoms with van der Waals surface area (Å²) >= 11 is 0. The minimum atomic E-state index is -0.508. The van der Waals surface area contributed by atoms with E-state index in [4.69, 9.17) is 37.9 Å². The third-order valence-electron chi connectivity index (χ3n) is 4.70. The summed E-state index contributed by atoms with van der Waals surface area (Å²) in [7, 11) is 0. The molecule has 10 heteroatoms. The third kappa shape index (κ3) is 24.4. The van der Waals surface area contributed by atoms with Crippen molar-refractivity contribution in [2.24, 2.45) is 5.92 Å². The van der Waals surface area contributed by atoms with Crippen LogP contribution in [0.25, 0.3) is 0 Å². The monoisotopic (exact) mass is 522 g/mol. The summed E-state index contributed by atoms with van der Waals surface area (Å²) in [6.45, 7) is 14.5. The molecule has 0 aliphatic rings. The van der Waals surface area contributed by atoms with Gasteiger partial charge in [-0.3, -0.25) is 4.79 Å². The maximum Gasteiger partial charge on any atom is 0.332 e. The molecular formula is C26H50O10. The predicted molar refractivity (Wildman–Crippen MR) is 135 cm³/mol. The highest BCUT2D eigenvalue weighted by Crippen LogP contribution is 2.14. The lowest BCUT2D eigenvalue weighted by Gasteiger charge is -2.19. The molecule has 0 rings (SSSR count). The van der Waals surface area contributed by atoms with Crippen molar-refractivity contribution in [2.45, 2.75) is 65.9 Å². The molecule has 1 unspecified atom stereocenters. The molecule has 0 bridgehead atoms. The number of rotatable bonds is 25. The molecule has 1 atom stereocenters. The van der Waals surface area contributed by atoms with Crippen molar-refractivity contribution in [3.63, 3.8) is 0 Å². The summed E-state index contributed by atoms with van der Waals surface area (Å²) in [5.74, 6) is -0.515. The number of unbranched alkanes of at least 4 members (excludes halogenated alkanes) is 1. The Kier molecular flexibility index (Phi) is 23.2. The molecule has 0 aromatic rings. The average Bonchev–Trinajstić information content (AvgIpc) is 2.82. The van der Waals surface area contributed by atoms with Gasteiger partial charge in [0.05, 0.1) is 78.6 Å². The van der Waals surface area contributed by atoms with Gasteiger partial charge in [-0.15, -0.1) is 0 Å². The number of hydrogen-bond donors (Lipinski definition) is 0. The quantitative estimate of drug-likeness (QED) is 0.131. The minimum Gasteiger partial charge on any atom is -0.463 e. The Labute approximate surface area is 217 Å². The molecule has 0 saturated carbocycles. The Hall–Kier alpha value is -1.30. The molecule has 0 aliphatic carbocycles. The Morgan fingerprint density at radius 1 is 0.639 bits per heavy atom. The van der Waals surface area contributed by atoms with Crippen molar-refractivity contribution in [3.8, 4) is 0 Å². The van der Waals surface area contributed by atoms with Crippen LogP contribution >= 0.6 is 0 Å². The number of carbonyl (C=O) groups is 2. The van der Waals surface area contributed by atoms with E-state index in [1.54, 1.807) is 0 Å². The fraction of sp³-hybridized carbons (Fsp3) is 0.923. The van der Waals surface area contributed by atoms with Crippen molar-refractivity contribution >= 4 is 11.9 Å². The van der Waals surface area contributed by atoms with Crippen LogP contribution in [0.2, 0.25) is 0 Å². The summed E-state index contributed by atoms with van der Waals surface area (Å²) in [6, 6.07) is 0. The topological polar surface area (TPSA) is 108 Å². The van der Waals surface area contributed by atoms with E-state index < -0.39 is 5.60 Å². The lowest BCUT2D eigenvalue weighted by molar-refractivity contribution is -0.160. The lowest BCUT2D eigenvalue weighted by atomic mass is 10.00. The van der Waals surface area contributed by atoms with Gasteiger partial charge in [0.1, 0.15) is 18.8 Å². The first-order chi connectivity index (χ1) is 17.3. The Morgan fingerprint density at radius 3 is 1.44 bits per heavy atom. The van der Waals surface area contributed by atoms with Crippen LogP contribution in [0.5, 0.6) is 0 Å². The third-order valence-corrected chi connectivity index (χ3v) is 4.70. The van der Waals surface area contributed by atoms with Gasteiger partial charge in [0.15, 0.2) is 0 Å². The average molecular weight is 523 g/mol. The van der Waals surface area contributed by atoms with E-state index in [-0.39, 0.29) is 31.1 Å². The van der Waals surface area contributed by atoms with Gasteiger partial charge in [0.2, 0.25) is 0 Å². The number of ether oxygens (including phenoxy) is 8. The van der Waals surface area contributed by atoms with E-state index in [1.807, 2.05) is 27.7 Å². The molecule has 0 amide bonds. The van der Waals surface area contributed by atoms with Gasteiger partial charge < -0.3 is 37.9 Å². The Balaban J connectivity index is 3.27. The van der Waals surface area contributed by atoms with Crippen LogP contribution in [0.4, 0.5) is 0 Å². The van der Waals surface area contributed by atoms with Crippen molar-refractivity contribution in [1.29, 1.82) is 0 Å². The van der Waals surface area contributed by atoms with Gasteiger partial charge in [0.25, 0.3) is 0 Å². The minimum absolute atomic E-state index is 0.00406. The molecule has 0 aliphatic heterocycles. The van der Waals surface area contributed by atoms with Gasteiger partial charge in [-0.2, -0.15) is 0 Å². The maximum atomic E-state index is 12.0. The summed E-state index contributed by atoms with van der Waals surface area (Å²) in [5.41, 5.74) is -0.508. The lowest BCUT2D eigenvalue weighted by Crippen LogP contribution is -2.27. The second-order valence-electron chi connectivity index (χ2n) is 9.12. The van der Waals surface area contributed by atoms with Gasteiger partial charge in [0, 0.05) is 0 Å². The highest BCUT2D eigenvalue weighted by Gasteiger charge is 2.17. The van der Waals surface area contributed by atoms with E-state index in [2.05, 4.69) is 6.92 Å². The van der Waals surface area contributed by atoms with Crippen LogP contribution in [0.1, 0.15) is 60.3 Å². The normalized spacial score (nSPS) is 12.5. The standard InChI is InChI=1S/C26H50O10/c1-6-8-9-23(7-2)25(28)35-21-20-33-17-16-31-13-12-29-10-11-30-14-15-32-18-19-34-22-24(27)36-26(3,4)5/h23H,6-22H2,1-5H3. The highest BCUT2D eigenvalue weighted by molar-refractivity contribution is 5.72. The van der Waals surface area contributed by atoms with E-state index in [9.17, 15) is 9.59 Å². The van der Waals surface area contributed by atoms with Crippen molar-refractivity contribution in [3.05, 3.63) is 0 Å². The molecule has 0 aromatic heterocycles. The van der Waals surface area contributed by atoms with E-state index in [0.717, 1.165) is 25.7 Å². The summed E-state index contributed by atoms with van der Waals surface area (Å²) < 4.78 is 42.7. The molecule has 10 nitrogen and oxygen atoms in total. The summed E-state index contributed by atoms with van der Waals surface area (Å²) in [6.07, 6.45) is 3.83. The molecule has 0 heterocycles. The van der Waals surface area contributed by atoms with Crippen LogP contribution in [0, 0.1) is 5.92 Å². The fourth-order valence-electron chi connectivity index (χ4n) is 2.88. The Morgan fingerprint density at radius 2 is 1.06 bits per heavy atom. The number of carbonyl (C=O) groups excluding carboxylic acids is 2. The summed E-state index contributed by atoms with van der Waals surface area (Å²) in [4.78, 5) is 23.4. The second-order valence-corrected chi connectivity index (χ2v) is 9.12. The fourth-order valence-corrected chi connectivity index (χ4v) is 2.88. The van der Waals surface area contributed by atoms with Crippen molar-refractivity contribution in [2.75, 3.05) is 85.9 Å². The SMILES string of the molecule is CCCCC(CC)C(=O)OCCOCCOCCOCCOCCOCCOCC(=O)OC(C)(C)C. The molecule has 0 N–H and O–H groups in total. The first-order valence-electron chi connectivity index (χ1n) is 13.1. The van der Waals surface area contributed by atoms with Crippen molar-refractivity contribution < 1.29 is 47.5 Å². The molecule has 214 valence electrons. The number of esters is 2. The van der Waals surface area contributed by atoms with Crippen LogP contribution in [-0.4, -0.2) is 103 Å². The first-order valence-corrected chi connectivity index (χ1v) is 13.1. The molecule has 0 aromatic carbocycles. The molecule has 0 fully saturated rings. The van der Waals surface area contributed by atoms with E-state index >= 15 is 0 Å². The van der Waals surface area contributed by atoms with Gasteiger partial charge in [-0.05, 0) is 33.6 Å². The largest absolute Gasteiger partial charge is 0.463 e. The van der Waals surface area contributed by atoms with Gasteiger partial charge >= 0.3 is 11.9 Å². The maximum absolute atomic E-state index is 12.0. The molecule has 0 radical (unpaired) electrons.